The molecule has 0 saturated carbocycles. The van der Waals surface area contributed by atoms with E-state index in [0.717, 1.165) is 39.1 Å². The first-order valence-electron chi connectivity index (χ1n) is 10.00. The summed E-state index contributed by atoms with van der Waals surface area (Å²) in [4.78, 5) is 4.28. The molecular formula is C20H31F3IN3O3. The standard InChI is InChI=1S/C20H30F3N3O3.HI/c1-2-24-20(25-9-4-10-28-14-15-7-11-27-12-8-15)26-13-16-17(21)5-3-6-18(16)29-19(22)23;/h3,5-6,15,19H,2,4,7-14H2,1H3,(H2,24,25,26);1H. The summed E-state index contributed by atoms with van der Waals surface area (Å²) in [6, 6.07) is 3.82. The molecule has 1 fully saturated rings. The number of guanidine groups is 1. The molecule has 1 aromatic rings. The summed E-state index contributed by atoms with van der Waals surface area (Å²) in [5.74, 6) is 0.203. The Morgan fingerprint density at radius 2 is 2.03 bits per heavy atom. The SMILES string of the molecule is CCNC(=NCc1c(F)cccc1OC(F)F)NCCCOCC1CCOCC1.I. The minimum absolute atomic E-state index is 0. The average molecular weight is 545 g/mol. The molecule has 1 heterocycles. The van der Waals surface area contributed by atoms with Crippen LogP contribution in [0.1, 0.15) is 31.7 Å². The summed E-state index contributed by atoms with van der Waals surface area (Å²) in [6.07, 6.45) is 2.87. The Bertz CT molecular complexity index is 633. The van der Waals surface area contributed by atoms with Gasteiger partial charge in [0, 0.05) is 39.5 Å². The summed E-state index contributed by atoms with van der Waals surface area (Å²) >= 11 is 0. The van der Waals surface area contributed by atoms with Crippen LogP contribution in [0.3, 0.4) is 0 Å². The number of aliphatic imine (C=N–C) groups is 1. The zero-order valence-corrected chi connectivity index (χ0v) is 19.5. The molecule has 0 atom stereocenters. The maximum Gasteiger partial charge on any atom is 0.387 e. The van der Waals surface area contributed by atoms with Crippen LogP contribution in [0.4, 0.5) is 13.2 Å². The lowest BCUT2D eigenvalue weighted by atomic mass is 10.0. The zero-order valence-electron chi connectivity index (χ0n) is 17.2. The molecule has 2 rings (SSSR count). The van der Waals surface area contributed by atoms with Crippen molar-refractivity contribution in [3.8, 4) is 5.75 Å². The summed E-state index contributed by atoms with van der Waals surface area (Å²) in [6.45, 7) is 3.00. The van der Waals surface area contributed by atoms with E-state index in [1.807, 2.05) is 6.92 Å². The van der Waals surface area contributed by atoms with Crippen molar-refractivity contribution < 1.29 is 27.4 Å². The van der Waals surface area contributed by atoms with Crippen molar-refractivity contribution in [3.05, 3.63) is 29.6 Å². The first kappa shape index (κ1) is 26.8. The Kier molecular flexibility index (Phi) is 13.8. The first-order chi connectivity index (χ1) is 14.1. The number of nitrogens with zero attached hydrogens (tertiary/aromatic N) is 1. The van der Waals surface area contributed by atoms with E-state index >= 15 is 0 Å². The van der Waals surface area contributed by atoms with Gasteiger partial charge in [-0.2, -0.15) is 8.78 Å². The fourth-order valence-electron chi connectivity index (χ4n) is 2.94. The van der Waals surface area contributed by atoms with Crippen LogP contribution in [0.5, 0.6) is 5.75 Å². The Balaban J connectivity index is 0.00000450. The van der Waals surface area contributed by atoms with Crippen LogP contribution in [0.25, 0.3) is 0 Å². The second kappa shape index (κ2) is 15.5. The van der Waals surface area contributed by atoms with Crippen molar-refractivity contribution in [3.63, 3.8) is 0 Å². The predicted molar refractivity (Wildman–Crippen MR) is 120 cm³/mol. The molecule has 172 valence electrons. The summed E-state index contributed by atoms with van der Waals surface area (Å²) in [7, 11) is 0. The number of hydrogen-bond donors (Lipinski definition) is 2. The van der Waals surface area contributed by atoms with Gasteiger partial charge in [-0.05, 0) is 44.2 Å². The molecule has 2 N–H and O–H groups in total. The van der Waals surface area contributed by atoms with Crippen LogP contribution in [0, 0.1) is 11.7 Å². The molecule has 6 nitrogen and oxygen atoms in total. The maximum atomic E-state index is 14.0. The van der Waals surface area contributed by atoms with Crippen molar-refractivity contribution in [2.45, 2.75) is 39.3 Å². The molecule has 0 bridgehead atoms. The smallest absolute Gasteiger partial charge is 0.387 e. The highest BCUT2D eigenvalue weighted by Crippen LogP contribution is 2.24. The number of ether oxygens (including phenoxy) is 3. The predicted octanol–water partition coefficient (Wildman–Crippen LogP) is 3.93. The summed E-state index contributed by atoms with van der Waals surface area (Å²) in [5.41, 5.74) is -0.00945. The molecule has 1 aliphatic rings. The van der Waals surface area contributed by atoms with Gasteiger partial charge in [-0.1, -0.05) is 6.07 Å². The topological polar surface area (TPSA) is 64.1 Å². The van der Waals surface area contributed by atoms with E-state index in [4.69, 9.17) is 9.47 Å². The van der Waals surface area contributed by atoms with Crippen LogP contribution in [-0.4, -0.2) is 52.1 Å². The Morgan fingerprint density at radius 3 is 2.73 bits per heavy atom. The summed E-state index contributed by atoms with van der Waals surface area (Å²) < 4.78 is 54.5. The molecule has 0 radical (unpaired) electrons. The third-order valence-corrected chi connectivity index (χ3v) is 4.48. The number of hydrogen-bond acceptors (Lipinski definition) is 4. The highest BCUT2D eigenvalue weighted by atomic mass is 127. The molecule has 0 aromatic heterocycles. The van der Waals surface area contributed by atoms with E-state index in [0.29, 0.717) is 31.6 Å². The fourth-order valence-corrected chi connectivity index (χ4v) is 2.94. The van der Waals surface area contributed by atoms with E-state index in [9.17, 15) is 13.2 Å². The average Bonchev–Trinajstić information content (AvgIpc) is 2.70. The van der Waals surface area contributed by atoms with Crippen molar-refractivity contribution in [1.29, 1.82) is 0 Å². The lowest BCUT2D eigenvalue weighted by Gasteiger charge is -2.21. The summed E-state index contributed by atoms with van der Waals surface area (Å²) in [5, 5.41) is 6.18. The van der Waals surface area contributed by atoms with E-state index in [1.165, 1.54) is 18.2 Å². The highest BCUT2D eigenvalue weighted by Gasteiger charge is 2.14. The zero-order chi connectivity index (χ0) is 20.9. The van der Waals surface area contributed by atoms with Crippen LogP contribution >= 0.6 is 24.0 Å². The minimum atomic E-state index is -3.02. The van der Waals surface area contributed by atoms with E-state index < -0.39 is 12.4 Å². The molecule has 0 amide bonds. The van der Waals surface area contributed by atoms with Gasteiger partial charge < -0.3 is 24.8 Å². The van der Waals surface area contributed by atoms with Crippen molar-refractivity contribution in [2.24, 2.45) is 10.9 Å². The van der Waals surface area contributed by atoms with Crippen LogP contribution in [0.15, 0.2) is 23.2 Å². The molecule has 1 aliphatic heterocycles. The van der Waals surface area contributed by atoms with Crippen molar-refractivity contribution in [2.75, 3.05) is 39.5 Å². The van der Waals surface area contributed by atoms with Gasteiger partial charge in [-0.15, -0.1) is 24.0 Å². The lowest BCUT2D eigenvalue weighted by Crippen LogP contribution is -2.38. The van der Waals surface area contributed by atoms with Gasteiger partial charge in [0.1, 0.15) is 11.6 Å². The number of alkyl halides is 2. The second-order valence-corrected chi connectivity index (χ2v) is 6.70. The number of benzene rings is 1. The highest BCUT2D eigenvalue weighted by molar-refractivity contribution is 14.0. The largest absolute Gasteiger partial charge is 0.434 e. The molecule has 0 aliphatic carbocycles. The van der Waals surface area contributed by atoms with Gasteiger partial charge >= 0.3 is 6.61 Å². The van der Waals surface area contributed by atoms with Gasteiger partial charge in [-0.25, -0.2) is 9.38 Å². The maximum absolute atomic E-state index is 14.0. The Hall–Kier alpha value is -1.27. The van der Waals surface area contributed by atoms with Crippen LogP contribution < -0.4 is 15.4 Å². The lowest BCUT2D eigenvalue weighted by molar-refractivity contribution is -0.0506. The normalized spacial score (nSPS) is 15.0. The van der Waals surface area contributed by atoms with Gasteiger partial charge in [0.25, 0.3) is 0 Å². The second-order valence-electron chi connectivity index (χ2n) is 6.70. The third kappa shape index (κ3) is 10.2. The molecule has 0 spiro atoms. The quantitative estimate of drug-likeness (QED) is 0.191. The van der Waals surface area contributed by atoms with Gasteiger partial charge in [0.05, 0.1) is 12.1 Å². The minimum Gasteiger partial charge on any atom is -0.434 e. The Labute approximate surface area is 193 Å². The fraction of sp³-hybridized carbons (Fsp3) is 0.650. The van der Waals surface area contributed by atoms with Crippen LogP contribution in [0.2, 0.25) is 0 Å². The molecular weight excluding hydrogens is 514 g/mol. The first-order valence-corrected chi connectivity index (χ1v) is 10.00. The van der Waals surface area contributed by atoms with Crippen molar-refractivity contribution in [1.82, 2.24) is 10.6 Å². The van der Waals surface area contributed by atoms with Gasteiger partial charge in [0.2, 0.25) is 0 Å². The van der Waals surface area contributed by atoms with Crippen molar-refractivity contribution >= 4 is 29.9 Å². The molecule has 1 saturated heterocycles. The van der Waals surface area contributed by atoms with E-state index in [-0.39, 0.29) is 41.8 Å². The number of nitrogens with one attached hydrogen (secondary N) is 2. The van der Waals surface area contributed by atoms with E-state index in [2.05, 4.69) is 20.4 Å². The number of halogens is 4. The molecule has 1 aromatic carbocycles. The van der Waals surface area contributed by atoms with Gasteiger partial charge in [-0.3, -0.25) is 0 Å². The van der Waals surface area contributed by atoms with Crippen LogP contribution in [-0.2, 0) is 16.0 Å². The third-order valence-electron chi connectivity index (χ3n) is 4.48. The molecule has 10 heteroatoms. The van der Waals surface area contributed by atoms with Gasteiger partial charge in [0.15, 0.2) is 5.96 Å². The molecule has 30 heavy (non-hydrogen) atoms. The molecule has 0 unspecified atom stereocenters. The number of rotatable bonds is 11. The monoisotopic (exact) mass is 545 g/mol. The Morgan fingerprint density at radius 1 is 1.27 bits per heavy atom. The van der Waals surface area contributed by atoms with E-state index in [1.54, 1.807) is 0 Å².